The van der Waals surface area contributed by atoms with Crippen molar-refractivity contribution in [3.05, 3.63) is 206 Å². The van der Waals surface area contributed by atoms with Gasteiger partial charge in [-0.25, -0.2) is 0 Å². The molecule has 11 rings (SSSR count). The maximum Gasteiger partial charge on any atom is 0.252 e. The molecule has 0 unspecified atom stereocenters. The van der Waals surface area contributed by atoms with Gasteiger partial charge < -0.3 is 14.7 Å². The minimum absolute atomic E-state index is 0.00780. The molecule has 0 N–H and O–H groups in total. The molecule has 54 heavy (non-hydrogen) atoms. The number of rotatable bonds is 5. The molecular formula is C50H34BN3. The molecule has 0 fully saturated rings. The lowest BCUT2D eigenvalue weighted by atomic mass is 9.33. The fourth-order valence-electron chi connectivity index (χ4n) is 8.88. The molecule has 0 aliphatic carbocycles. The largest absolute Gasteiger partial charge is 0.311 e. The maximum absolute atomic E-state index is 2.51. The maximum atomic E-state index is 2.51. The van der Waals surface area contributed by atoms with E-state index < -0.39 is 0 Å². The quantitative estimate of drug-likeness (QED) is 0.167. The van der Waals surface area contributed by atoms with Gasteiger partial charge in [-0.05, 0) is 111 Å². The van der Waals surface area contributed by atoms with Gasteiger partial charge in [0.1, 0.15) is 0 Å². The van der Waals surface area contributed by atoms with E-state index in [9.17, 15) is 0 Å². The van der Waals surface area contributed by atoms with E-state index in [-0.39, 0.29) is 6.71 Å². The normalized spacial score (nSPS) is 12.7. The number of fused-ring (bicyclic) bond motifs is 7. The van der Waals surface area contributed by atoms with Crippen LogP contribution in [0.5, 0.6) is 0 Å². The van der Waals surface area contributed by atoms with E-state index >= 15 is 0 Å². The summed E-state index contributed by atoms with van der Waals surface area (Å²) in [5.41, 5.74) is 14.3. The second-order valence-corrected chi connectivity index (χ2v) is 14.2. The van der Waals surface area contributed by atoms with Crippen molar-refractivity contribution in [1.29, 1.82) is 0 Å². The van der Waals surface area contributed by atoms with Crippen molar-refractivity contribution in [3.63, 3.8) is 0 Å². The highest BCUT2D eigenvalue weighted by molar-refractivity contribution is 7.01. The predicted octanol–water partition coefficient (Wildman–Crippen LogP) is 11.5. The van der Waals surface area contributed by atoms with Gasteiger partial charge in [0.25, 0.3) is 6.71 Å². The average molecular weight is 688 g/mol. The molecule has 2 aliphatic heterocycles. The van der Waals surface area contributed by atoms with Crippen molar-refractivity contribution in [3.8, 4) is 0 Å². The smallest absolute Gasteiger partial charge is 0.252 e. The Kier molecular flexibility index (Phi) is 6.96. The number of para-hydroxylation sites is 4. The lowest BCUT2D eigenvalue weighted by molar-refractivity contribution is 1.23. The summed E-state index contributed by atoms with van der Waals surface area (Å²) >= 11 is 0. The van der Waals surface area contributed by atoms with E-state index in [1.807, 2.05) is 0 Å². The van der Waals surface area contributed by atoms with E-state index in [0.29, 0.717) is 0 Å². The molecule has 252 valence electrons. The Hall–Kier alpha value is -7.04. The third-order valence-electron chi connectivity index (χ3n) is 11.1. The molecule has 0 radical (unpaired) electrons. The van der Waals surface area contributed by atoms with Gasteiger partial charge >= 0.3 is 0 Å². The van der Waals surface area contributed by atoms with Crippen molar-refractivity contribution in [2.45, 2.75) is 0 Å². The summed E-state index contributed by atoms with van der Waals surface area (Å²) in [4.78, 5) is 7.40. The van der Waals surface area contributed by atoms with Crippen LogP contribution >= 0.6 is 0 Å². The molecule has 9 aromatic carbocycles. The highest BCUT2D eigenvalue weighted by Crippen LogP contribution is 2.48. The summed E-state index contributed by atoms with van der Waals surface area (Å²) in [5, 5.41) is 5.01. The van der Waals surface area contributed by atoms with Crippen LogP contribution in [0.25, 0.3) is 21.5 Å². The van der Waals surface area contributed by atoms with Crippen LogP contribution in [0.15, 0.2) is 206 Å². The van der Waals surface area contributed by atoms with Crippen LogP contribution in [-0.4, -0.2) is 6.71 Å². The topological polar surface area (TPSA) is 9.72 Å². The number of anilines is 9. The molecule has 0 spiro atoms. The number of nitrogens with zero attached hydrogens (tertiary/aromatic N) is 3. The highest BCUT2D eigenvalue weighted by atomic mass is 15.2. The summed E-state index contributed by atoms with van der Waals surface area (Å²) in [6, 6.07) is 75.3. The minimum Gasteiger partial charge on any atom is -0.311 e. The molecule has 2 aliphatic rings. The molecule has 0 saturated carbocycles. The first-order chi connectivity index (χ1) is 26.8. The fraction of sp³-hybridized carbons (Fsp3) is 0. The Morgan fingerprint density at radius 2 is 0.815 bits per heavy atom. The van der Waals surface area contributed by atoms with Crippen LogP contribution in [0.1, 0.15) is 0 Å². The lowest BCUT2D eigenvalue weighted by Gasteiger charge is -2.45. The van der Waals surface area contributed by atoms with Gasteiger partial charge in [0.05, 0.1) is 5.69 Å². The first-order valence-electron chi connectivity index (χ1n) is 18.6. The SMILES string of the molecule is c1ccc(N(c2ccccc2)c2cc3c4c(c2)N(c2ccccc2)c2ccc5ccccc5c2B4c2cc4ccccc4cc2N3c2ccccc2)cc1. The zero-order chi connectivity index (χ0) is 35.6. The Labute approximate surface area is 315 Å². The molecule has 3 nitrogen and oxygen atoms in total. The molecule has 9 aromatic rings. The summed E-state index contributed by atoms with van der Waals surface area (Å²) < 4.78 is 0. The number of hydrogen-bond donors (Lipinski definition) is 0. The minimum atomic E-state index is -0.00780. The number of hydrogen-bond acceptors (Lipinski definition) is 3. The predicted molar refractivity (Wildman–Crippen MR) is 230 cm³/mol. The molecule has 0 saturated heterocycles. The van der Waals surface area contributed by atoms with Gasteiger partial charge in [0.2, 0.25) is 0 Å². The second-order valence-electron chi connectivity index (χ2n) is 14.2. The van der Waals surface area contributed by atoms with Gasteiger partial charge in [-0.1, -0.05) is 133 Å². The first kappa shape index (κ1) is 30.6. The summed E-state index contributed by atoms with van der Waals surface area (Å²) in [5.74, 6) is 0. The van der Waals surface area contributed by atoms with Gasteiger partial charge in [-0.2, -0.15) is 0 Å². The Morgan fingerprint density at radius 1 is 0.333 bits per heavy atom. The average Bonchev–Trinajstić information content (AvgIpc) is 3.24. The Morgan fingerprint density at radius 3 is 1.41 bits per heavy atom. The van der Waals surface area contributed by atoms with E-state index in [0.717, 1.165) is 28.4 Å². The monoisotopic (exact) mass is 687 g/mol. The van der Waals surface area contributed by atoms with Gasteiger partial charge in [0.15, 0.2) is 0 Å². The van der Waals surface area contributed by atoms with Gasteiger partial charge in [-0.3, -0.25) is 0 Å². The zero-order valence-electron chi connectivity index (χ0n) is 29.5. The van der Waals surface area contributed by atoms with E-state index in [2.05, 4.69) is 221 Å². The van der Waals surface area contributed by atoms with Crippen LogP contribution in [0.4, 0.5) is 51.2 Å². The zero-order valence-corrected chi connectivity index (χ0v) is 29.5. The van der Waals surface area contributed by atoms with Crippen molar-refractivity contribution in [1.82, 2.24) is 0 Å². The Balaban J connectivity index is 1.31. The van der Waals surface area contributed by atoms with Crippen LogP contribution in [0, 0.1) is 0 Å². The molecule has 0 bridgehead atoms. The van der Waals surface area contributed by atoms with Crippen LogP contribution in [-0.2, 0) is 0 Å². The van der Waals surface area contributed by atoms with Gasteiger partial charge in [-0.15, -0.1) is 0 Å². The Bertz CT molecular complexity index is 2800. The lowest BCUT2D eigenvalue weighted by Crippen LogP contribution is -2.61. The second kappa shape index (κ2) is 12.3. The van der Waals surface area contributed by atoms with E-state index in [4.69, 9.17) is 0 Å². The van der Waals surface area contributed by atoms with E-state index in [1.54, 1.807) is 0 Å². The van der Waals surface area contributed by atoms with Crippen molar-refractivity contribution >= 4 is 95.8 Å². The van der Waals surface area contributed by atoms with Crippen LogP contribution in [0.2, 0.25) is 0 Å². The van der Waals surface area contributed by atoms with E-state index in [1.165, 1.54) is 60.7 Å². The first-order valence-corrected chi connectivity index (χ1v) is 18.6. The standard InChI is InChI=1S/C50H34BN3/c1-5-20-38(21-6-1)52(39-22-7-2-8-23-39)42-33-47-50-48(34-42)54(41-26-11-4-12-27-41)46-32-37-19-14-13-18-36(37)31-44(46)51(50)49-43-28-16-15-17-35(43)29-30-45(49)53(47)40-24-9-3-10-25-40/h1-34H. The molecule has 0 atom stereocenters. The third-order valence-corrected chi connectivity index (χ3v) is 11.1. The fourth-order valence-corrected chi connectivity index (χ4v) is 8.88. The summed E-state index contributed by atoms with van der Waals surface area (Å²) in [6.07, 6.45) is 0. The molecule has 4 heteroatoms. The molecule has 2 heterocycles. The molecule has 0 aromatic heterocycles. The summed E-state index contributed by atoms with van der Waals surface area (Å²) in [6.45, 7) is -0.00780. The third kappa shape index (κ3) is 4.70. The van der Waals surface area contributed by atoms with Crippen molar-refractivity contribution < 1.29 is 0 Å². The van der Waals surface area contributed by atoms with Crippen molar-refractivity contribution in [2.75, 3.05) is 14.7 Å². The van der Waals surface area contributed by atoms with Crippen LogP contribution in [0.3, 0.4) is 0 Å². The van der Waals surface area contributed by atoms with Crippen molar-refractivity contribution in [2.24, 2.45) is 0 Å². The summed E-state index contributed by atoms with van der Waals surface area (Å²) in [7, 11) is 0. The highest BCUT2D eigenvalue weighted by Gasteiger charge is 2.44. The molecule has 0 amide bonds. The van der Waals surface area contributed by atoms with Gasteiger partial charge in [0, 0.05) is 45.5 Å². The molecular weight excluding hydrogens is 653 g/mol. The number of benzene rings is 9. The van der Waals surface area contributed by atoms with Crippen LogP contribution < -0.4 is 31.1 Å².